The van der Waals surface area contributed by atoms with E-state index in [1.807, 2.05) is 6.08 Å². The van der Waals surface area contributed by atoms with Crippen molar-refractivity contribution in [3.05, 3.63) is 24.3 Å². The highest BCUT2D eigenvalue weighted by Crippen LogP contribution is 2.24. The third-order valence-corrected chi connectivity index (χ3v) is 17.3. The molecule has 0 saturated carbocycles. The zero-order chi connectivity index (χ0) is 57.9. The van der Waals surface area contributed by atoms with Crippen LogP contribution >= 0.6 is 0 Å². The minimum Gasteiger partial charge on any atom is -0.394 e. The van der Waals surface area contributed by atoms with Gasteiger partial charge in [-0.15, -0.1) is 0 Å². The lowest BCUT2D eigenvalue weighted by Crippen LogP contribution is -2.60. The molecule has 0 aromatic carbocycles. The lowest BCUT2D eigenvalue weighted by Gasteiger charge is -2.40. The molecule has 80 heavy (non-hydrogen) atoms. The van der Waals surface area contributed by atoms with Crippen LogP contribution in [0, 0.1) is 0 Å². The highest BCUT2D eigenvalue weighted by Gasteiger charge is 2.44. The summed E-state index contributed by atoms with van der Waals surface area (Å²) in [5.74, 6) is -0.169. The van der Waals surface area contributed by atoms with E-state index < -0.39 is 49.5 Å². The van der Waals surface area contributed by atoms with Crippen molar-refractivity contribution in [1.82, 2.24) is 5.32 Å². The van der Waals surface area contributed by atoms with Crippen LogP contribution < -0.4 is 5.32 Å². The number of hydrogen-bond acceptors (Lipinski definition) is 8. The number of carbonyl (C=O) groups excluding carboxylic acids is 1. The number of aliphatic hydroxyl groups excluding tert-OH is 5. The molecule has 474 valence electrons. The summed E-state index contributed by atoms with van der Waals surface area (Å²) >= 11 is 0. The molecular weight excluding hydrogens is 995 g/mol. The van der Waals surface area contributed by atoms with Gasteiger partial charge in [-0.05, 0) is 44.9 Å². The predicted molar refractivity (Wildman–Crippen MR) is 341 cm³/mol. The van der Waals surface area contributed by atoms with Crippen molar-refractivity contribution in [2.24, 2.45) is 0 Å². The fraction of sp³-hybridized carbons (Fsp3) is 0.930. The van der Waals surface area contributed by atoms with Crippen molar-refractivity contribution >= 4 is 5.91 Å². The van der Waals surface area contributed by atoms with Gasteiger partial charge in [0, 0.05) is 6.42 Å². The quantitative estimate of drug-likeness (QED) is 0.0261. The number of aliphatic hydroxyl groups is 5. The number of nitrogens with one attached hydrogen (secondary N) is 1. The monoisotopic (exact) mass is 1130 g/mol. The molecule has 1 aliphatic rings. The van der Waals surface area contributed by atoms with Crippen molar-refractivity contribution in [2.75, 3.05) is 13.2 Å². The number of amides is 1. The zero-order valence-electron chi connectivity index (χ0n) is 53.1. The Morgan fingerprint density at radius 1 is 0.412 bits per heavy atom. The maximum atomic E-state index is 13.1. The average molecular weight is 1130 g/mol. The summed E-state index contributed by atoms with van der Waals surface area (Å²) in [7, 11) is 0. The molecule has 1 rings (SSSR count). The van der Waals surface area contributed by atoms with E-state index in [1.165, 1.54) is 308 Å². The summed E-state index contributed by atoms with van der Waals surface area (Å²) < 4.78 is 11.3. The van der Waals surface area contributed by atoms with Gasteiger partial charge in [0.15, 0.2) is 6.29 Å². The number of hydrogen-bond donors (Lipinski definition) is 6. The number of carbonyl (C=O) groups is 1. The van der Waals surface area contributed by atoms with E-state index in [2.05, 4.69) is 31.3 Å². The highest BCUT2D eigenvalue weighted by atomic mass is 16.7. The summed E-state index contributed by atoms with van der Waals surface area (Å²) in [6, 6.07) is -0.802. The normalized spacial score (nSPS) is 18.5. The van der Waals surface area contributed by atoms with E-state index in [1.54, 1.807) is 6.08 Å². The van der Waals surface area contributed by atoms with Crippen LogP contribution in [-0.2, 0) is 14.3 Å². The topological polar surface area (TPSA) is 149 Å². The molecule has 0 spiro atoms. The van der Waals surface area contributed by atoms with Crippen LogP contribution in [0.15, 0.2) is 24.3 Å². The van der Waals surface area contributed by atoms with Crippen molar-refractivity contribution in [3.63, 3.8) is 0 Å². The van der Waals surface area contributed by atoms with Crippen LogP contribution in [0.2, 0.25) is 0 Å². The van der Waals surface area contributed by atoms with E-state index in [0.717, 1.165) is 38.5 Å². The molecule has 1 saturated heterocycles. The number of unbranched alkanes of at least 4 members (excludes halogenated alkanes) is 51. The fourth-order valence-electron chi connectivity index (χ4n) is 11.7. The molecule has 1 heterocycles. The summed E-state index contributed by atoms with van der Waals surface area (Å²) in [5, 5.41) is 54.6. The van der Waals surface area contributed by atoms with Gasteiger partial charge in [0.2, 0.25) is 5.91 Å². The molecule has 9 heteroatoms. The van der Waals surface area contributed by atoms with Crippen LogP contribution in [0.25, 0.3) is 0 Å². The molecular formula is C71H137NO8. The summed E-state index contributed by atoms with van der Waals surface area (Å²) in [6.45, 7) is 3.82. The first-order valence-corrected chi connectivity index (χ1v) is 35.6. The third-order valence-electron chi connectivity index (χ3n) is 17.3. The van der Waals surface area contributed by atoms with E-state index in [4.69, 9.17) is 9.47 Å². The molecule has 1 fully saturated rings. The Hall–Kier alpha value is -1.33. The van der Waals surface area contributed by atoms with Crippen LogP contribution in [0.5, 0.6) is 0 Å². The first-order chi connectivity index (χ1) is 39.3. The Morgan fingerprint density at radius 3 is 1.01 bits per heavy atom. The highest BCUT2D eigenvalue weighted by molar-refractivity contribution is 5.76. The largest absolute Gasteiger partial charge is 0.394 e. The minimum atomic E-state index is -1.56. The maximum Gasteiger partial charge on any atom is 0.220 e. The lowest BCUT2D eigenvalue weighted by atomic mass is 9.99. The van der Waals surface area contributed by atoms with Gasteiger partial charge in [0.1, 0.15) is 24.4 Å². The molecule has 0 aromatic heterocycles. The SMILES string of the molecule is CCCCCCCCCC/C=C\CCCCCCCCCCCCCCCCCCCCCCCCCCCCCCCC(=O)NC(COC1OC(CO)C(O)C(O)C1O)C(O)/C=C/CCCCCCCCCCCCCCCC. The molecule has 0 radical (unpaired) electrons. The van der Waals surface area contributed by atoms with Gasteiger partial charge in [-0.2, -0.15) is 0 Å². The Labute approximate surface area is 496 Å². The second-order valence-electron chi connectivity index (χ2n) is 25.0. The van der Waals surface area contributed by atoms with Gasteiger partial charge in [-0.1, -0.05) is 340 Å². The van der Waals surface area contributed by atoms with Gasteiger partial charge in [-0.25, -0.2) is 0 Å². The van der Waals surface area contributed by atoms with E-state index in [-0.39, 0.29) is 12.5 Å². The van der Waals surface area contributed by atoms with Crippen molar-refractivity contribution in [1.29, 1.82) is 0 Å². The second-order valence-corrected chi connectivity index (χ2v) is 25.0. The van der Waals surface area contributed by atoms with Crippen molar-refractivity contribution in [3.8, 4) is 0 Å². The first kappa shape index (κ1) is 76.7. The lowest BCUT2D eigenvalue weighted by molar-refractivity contribution is -0.302. The van der Waals surface area contributed by atoms with E-state index in [9.17, 15) is 30.3 Å². The average Bonchev–Trinajstić information content (AvgIpc) is 3.46. The molecule has 6 N–H and O–H groups in total. The number of allylic oxidation sites excluding steroid dienone is 3. The van der Waals surface area contributed by atoms with Crippen LogP contribution in [-0.4, -0.2) is 87.5 Å². The Morgan fingerprint density at radius 2 is 0.700 bits per heavy atom. The molecule has 1 amide bonds. The molecule has 0 aliphatic carbocycles. The smallest absolute Gasteiger partial charge is 0.220 e. The number of rotatable bonds is 63. The van der Waals surface area contributed by atoms with Gasteiger partial charge in [0.05, 0.1) is 25.4 Å². The molecule has 7 unspecified atom stereocenters. The van der Waals surface area contributed by atoms with Crippen LogP contribution in [0.4, 0.5) is 0 Å². The Kier molecular flexibility index (Phi) is 58.3. The summed E-state index contributed by atoms with van der Waals surface area (Å²) in [4.78, 5) is 13.1. The van der Waals surface area contributed by atoms with E-state index in [0.29, 0.717) is 6.42 Å². The second kappa shape index (κ2) is 60.8. The predicted octanol–water partition coefficient (Wildman–Crippen LogP) is 19.3. The fourth-order valence-corrected chi connectivity index (χ4v) is 11.7. The zero-order valence-corrected chi connectivity index (χ0v) is 53.1. The van der Waals surface area contributed by atoms with Crippen molar-refractivity contribution < 1.29 is 39.8 Å². The molecule has 7 atom stereocenters. The van der Waals surface area contributed by atoms with Gasteiger partial charge in [-0.3, -0.25) is 4.79 Å². The molecule has 9 nitrogen and oxygen atoms in total. The molecule has 0 bridgehead atoms. The molecule has 0 aromatic rings. The maximum absolute atomic E-state index is 13.1. The standard InChI is InChI=1S/C71H137NO8/c1-3-5-7-9-11-13-15-17-19-21-22-23-24-25-26-27-28-29-30-31-32-33-34-35-36-37-38-39-40-41-42-43-44-45-47-49-51-53-55-57-59-61-67(75)72-64(63-79-71-70(78)69(77)68(76)66(62-73)80-71)65(74)60-58-56-54-52-50-48-46-20-18-16-14-12-10-8-6-4-2/h21-22,58,60,64-66,68-71,73-74,76-78H,3-20,23-57,59,61-63H2,1-2H3,(H,72,75)/b22-21-,60-58+. The van der Waals surface area contributed by atoms with Gasteiger partial charge < -0.3 is 40.3 Å². The summed E-state index contributed by atoms with van der Waals surface area (Å²) in [5.41, 5.74) is 0. The minimum absolute atomic E-state index is 0.169. The Bertz CT molecular complexity index is 1310. The van der Waals surface area contributed by atoms with Gasteiger partial charge >= 0.3 is 0 Å². The third kappa shape index (κ3) is 49.0. The first-order valence-electron chi connectivity index (χ1n) is 35.6. The van der Waals surface area contributed by atoms with Gasteiger partial charge in [0.25, 0.3) is 0 Å². The Balaban J connectivity index is 2.01. The summed E-state index contributed by atoms with van der Waals surface area (Å²) in [6.07, 6.45) is 73.1. The van der Waals surface area contributed by atoms with Crippen molar-refractivity contribution in [2.45, 2.75) is 410 Å². The van der Waals surface area contributed by atoms with Crippen LogP contribution in [0.3, 0.4) is 0 Å². The molecule has 1 aliphatic heterocycles. The number of ether oxygens (including phenoxy) is 2. The van der Waals surface area contributed by atoms with Crippen LogP contribution in [0.1, 0.15) is 367 Å². The van der Waals surface area contributed by atoms with E-state index >= 15 is 0 Å².